The van der Waals surface area contributed by atoms with Crippen LogP contribution in [0.5, 0.6) is 0 Å². The molecule has 2 amide bonds. The van der Waals surface area contributed by atoms with Gasteiger partial charge in [-0.3, -0.25) is 9.59 Å². The van der Waals surface area contributed by atoms with Gasteiger partial charge in [0.25, 0.3) is 0 Å². The first-order valence-corrected chi connectivity index (χ1v) is 6.42. The molecule has 1 aromatic rings. The van der Waals surface area contributed by atoms with Crippen molar-refractivity contribution in [3.8, 4) is 0 Å². The second kappa shape index (κ2) is 4.91. The largest absolute Gasteiger partial charge is 0.366 e. The monoisotopic (exact) mass is 261 g/mol. The fraction of sp³-hybridized carbons (Fsp3) is 0.429. The number of rotatable bonds is 2. The maximum absolute atomic E-state index is 11.9. The molecular formula is C14H19N3O2. The molecule has 0 aliphatic carbocycles. The van der Waals surface area contributed by atoms with Crippen LogP contribution in [0.3, 0.4) is 0 Å². The summed E-state index contributed by atoms with van der Waals surface area (Å²) in [4.78, 5) is 25.3. The van der Waals surface area contributed by atoms with E-state index in [0.717, 1.165) is 5.69 Å². The van der Waals surface area contributed by atoms with Gasteiger partial charge >= 0.3 is 0 Å². The highest BCUT2D eigenvalue weighted by atomic mass is 16.2. The van der Waals surface area contributed by atoms with Gasteiger partial charge in [0, 0.05) is 24.1 Å². The number of amides is 2. The zero-order valence-corrected chi connectivity index (χ0v) is 11.4. The minimum Gasteiger partial charge on any atom is -0.366 e. The maximum atomic E-state index is 11.9. The molecule has 5 heteroatoms. The van der Waals surface area contributed by atoms with E-state index in [4.69, 9.17) is 5.73 Å². The van der Waals surface area contributed by atoms with E-state index in [1.165, 1.54) is 0 Å². The normalized spacial score (nSPS) is 18.8. The van der Waals surface area contributed by atoms with E-state index >= 15 is 0 Å². The summed E-state index contributed by atoms with van der Waals surface area (Å²) < 4.78 is 0. The van der Waals surface area contributed by atoms with Crippen molar-refractivity contribution in [2.24, 2.45) is 5.73 Å². The Hall–Kier alpha value is -2.04. The molecule has 0 fully saturated rings. The summed E-state index contributed by atoms with van der Waals surface area (Å²) in [6.45, 7) is 6.19. The quantitative estimate of drug-likeness (QED) is 0.851. The van der Waals surface area contributed by atoms with Crippen LogP contribution in [-0.4, -0.2) is 23.9 Å². The number of anilines is 2. The van der Waals surface area contributed by atoms with Crippen molar-refractivity contribution in [2.45, 2.75) is 39.3 Å². The number of hydrogen-bond acceptors (Lipinski definition) is 3. The molecule has 1 aliphatic rings. The fourth-order valence-corrected chi connectivity index (χ4v) is 2.61. The van der Waals surface area contributed by atoms with Crippen LogP contribution < -0.4 is 16.0 Å². The second-order valence-corrected chi connectivity index (χ2v) is 5.20. The van der Waals surface area contributed by atoms with Crippen LogP contribution in [0, 0.1) is 0 Å². The molecule has 3 N–H and O–H groups in total. The Balaban J connectivity index is 2.54. The molecule has 0 spiro atoms. The zero-order chi connectivity index (χ0) is 14.2. The molecule has 1 unspecified atom stereocenters. The first kappa shape index (κ1) is 13.4. The van der Waals surface area contributed by atoms with E-state index in [2.05, 4.69) is 24.1 Å². The third-order valence-electron chi connectivity index (χ3n) is 3.35. The summed E-state index contributed by atoms with van der Waals surface area (Å²) in [6, 6.07) is 5.56. The van der Waals surface area contributed by atoms with E-state index < -0.39 is 5.91 Å². The Bertz CT molecular complexity index is 525. The van der Waals surface area contributed by atoms with Gasteiger partial charge in [0.1, 0.15) is 0 Å². The average molecular weight is 261 g/mol. The van der Waals surface area contributed by atoms with E-state index in [9.17, 15) is 9.59 Å². The lowest BCUT2D eigenvalue weighted by Gasteiger charge is -2.33. The molecule has 1 heterocycles. The van der Waals surface area contributed by atoms with Crippen LogP contribution in [0.15, 0.2) is 18.2 Å². The van der Waals surface area contributed by atoms with E-state index in [-0.39, 0.29) is 18.0 Å². The minimum absolute atomic E-state index is 0.0430. The van der Waals surface area contributed by atoms with Crippen molar-refractivity contribution < 1.29 is 9.59 Å². The van der Waals surface area contributed by atoms with Gasteiger partial charge in [-0.2, -0.15) is 0 Å². The van der Waals surface area contributed by atoms with Gasteiger partial charge in [-0.25, -0.2) is 0 Å². The molecule has 102 valence electrons. The van der Waals surface area contributed by atoms with Gasteiger partial charge < -0.3 is 16.0 Å². The summed E-state index contributed by atoms with van der Waals surface area (Å²) in [5.41, 5.74) is 7.26. The van der Waals surface area contributed by atoms with Crippen molar-refractivity contribution in [3.63, 3.8) is 0 Å². The third-order valence-corrected chi connectivity index (χ3v) is 3.35. The number of fused-ring (bicyclic) bond motifs is 1. The number of nitrogens with zero attached hydrogens (tertiary/aromatic N) is 1. The Morgan fingerprint density at radius 2 is 2.16 bits per heavy atom. The first-order valence-electron chi connectivity index (χ1n) is 6.42. The minimum atomic E-state index is -0.495. The smallest absolute Gasteiger partial charge is 0.248 e. The van der Waals surface area contributed by atoms with Crippen LogP contribution in [0.4, 0.5) is 11.4 Å². The number of hydrogen-bond donors (Lipinski definition) is 2. The molecule has 0 radical (unpaired) electrons. The van der Waals surface area contributed by atoms with E-state index in [1.54, 1.807) is 12.1 Å². The number of nitrogens with two attached hydrogens (primary N) is 1. The topological polar surface area (TPSA) is 75.4 Å². The molecule has 0 aromatic heterocycles. The van der Waals surface area contributed by atoms with E-state index in [0.29, 0.717) is 17.7 Å². The Kier molecular flexibility index (Phi) is 3.46. The predicted octanol–water partition coefficient (Wildman–Crippen LogP) is 1.73. The van der Waals surface area contributed by atoms with Gasteiger partial charge in [0.2, 0.25) is 11.8 Å². The van der Waals surface area contributed by atoms with Gasteiger partial charge in [-0.1, -0.05) is 0 Å². The van der Waals surface area contributed by atoms with Crippen molar-refractivity contribution in [1.29, 1.82) is 0 Å². The highest BCUT2D eigenvalue weighted by molar-refractivity contribution is 6.00. The van der Waals surface area contributed by atoms with Crippen LogP contribution in [0.25, 0.3) is 0 Å². The lowest BCUT2D eigenvalue weighted by atomic mass is 10.1. The molecule has 1 aliphatic heterocycles. The highest BCUT2D eigenvalue weighted by Gasteiger charge is 2.27. The zero-order valence-electron chi connectivity index (χ0n) is 11.4. The van der Waals surface area contributed by atoms with Crippen LogP contribution >= 0.6 is 0 Å². The number of nitrogens with one attached hydrogen (secondary N) is 1. The van der Waals surface area contributed by atoms with Crippen molar-refractivity contribution >= 4 is 23.2 Å². The average Bonchev–Trinajstić information content (AvgIpc) is 2.41. The van der Waals surface area contributed by atoms with Gasteiger partial charge in [-0.15, -0.1) is 0 Å². The highest BCUT2D eigenvalue weighted by Crippen LogP contribution is 2.33. The van der Waals surface area contributed by atoms with Crippen molar-refractivity contribution in [3.05, 3.63) is 23.8 Å². The molecular weight excluding hydrogens is 242 g/mol. The summed E-state index contributed by atoms with van der Waals surface area (Å²) in [7, 11) is 0. The molecule has 0 bridgehead atoms. The van der Waals surface area contributed by atoms with Crippen LogP contribution in [-0.2, 0) is 4.79 Å². The Morgan fingerprint density at radius 1 is 1.47 bits per heavy atom. The fourth-order valence-electron chi connectivity index (χ4n) is 2.61. The van der Waals surface area contributed by atoms with Crippen molar-refractivity contribution in [1.82, 2.24) is 0 Å². The SMILES string of the molecule is CC(C)N1c2ccc(C(N)=O)cc2NC(=O)CC1C. The van der Waals surface area contributed by atoms with Crippen LogP contribution in [0.2, 0.25) is 0 Å². The van der Waals surface area contributed by atoms with Gasteiger partial charge in [0.15, 0.2) is 0 Å². The third kappa shape index (κ3) is 2.54. The Labute approximate surface area is 112 Å². The second-order valence-electron chi connectivity index (χ2n) is 5.20. The number of carbonyl (C=O) groups is 2. The maximum Gasteiger partial charge on any atom is 0.248 e. The lowest BCUT2D eigenvalue weighted by Crippen LogP contribution is -2.39. The molecule has 0 saturated carbocycles. The molecule has 0 saturated heterocycles. The summed E-state index contributed by atoms with van der Waals surface area (Å²) in [5, 5.41) is 2.84. The van der Waals surface area contributed by atoms with Crippen LogP contribution in [0.1, 0.15) is 37.6 Å². The summed E-state index contributed by atoms with van der Waals surface area (Å²) in [6.07, 6.45) is 0.429. The summed E-state index contributed by atoms with van der Waals surface area (Å²) >= 11 is 0. The number of primary amides is 1. The first-order chi connectivity index (χ1) is 8.90. The Morgan fingerprint density at radius 3 is 2.74 bits per heavy atom. The molecule has 1 aromatic carbocycles. The predicted molar refractivity (Wildman–Crippen MR) is 75.3 cm³/mol. The lowest BCUT2D eigenvalue weighted by molar-refractivity contribution is -0.116. The molecule has 1 atom stereocenters. The van der Waals surface area contributed by atoms with Crippen molar-refractivity contribution in [2.75, 3.05) is 10.2 Å². The number of carbonyl (C=O) groups excluding carboxylic acids is 2. The standard InChI is InChI=1S/C14H19N3O2/c1-8(2)17-9(3)6-13(18)16-11-7-10(14(15)19)4-5-12(11)17/h4-5,7-9H,6H2,1-3H3,(H2,15,19)(H,16,18). The van der Waals surface area contributed by atoms with Gasteiger partial charge in [0.05, 0.1) is 11.4 Å². The summed E-state index contributed by atoms with van der Waals surface area (Å²) in [5.74, 6) is -0.538. The molecule has 2 rings (SSSR count). The molecule has 5 nitrogen and oxygen atoms in total. The molecule has 19 heavy (non-hydrogen) atoms. The van der Waals surface area contributed by atoms with Gasteiger partial charge in [-0.05, 0) is 39.0 Å². The number of benzene rings is 1. The van der Waals surface area contributed by atoms with E-state index in [1.807, 2.05) is 13.0 Å².